The van der Waals surface area contributed by atoms with Gasteiger partial charge in [-0.15, -0.1) is 0 Å². The van der Waals surface area contributed by atoms with Crippen LogP contribution in [0.15, 0.2) is 59.5 Å². The molecular formula is C21H30N3O3S+. The van der Waals surface area contributed by atoms with E-state index in [0.29, 0.717) is 26.2 Å². The van der Waals surface area contributed by atoms with Crippen LogP contribution >= 0.6 is 0 Å². The molecule has 1 amide bonds. The lowest BCUT2D eigenvalue weighted by Gasteiger charge is -2.18. The fourth-order valence-corrected chi connectivity index (χ4v) is 4.40. The van der Waals surface area contributed by atoms with Gasteiger partial charge in [-0.05, 0) is 24.6 Å². The summed E-state index contributed by atoms with van der Waals surface area (Å²) in [5.74, 6) is -0.0531. The zero-order valence-electron chi connectivity index (χ0n) is 16.8. The van der Waals surface area contributed by atoms with E-state index < -0.39 is 10.0 Å². The molecule has 28 heavy (non-hydrogen) atoms. The highest BCUT2D eigenvalue weighted by atomic mass is 32.2. The van der Waals surface area contributed by atoms with Crippen LogP contribution in [0.2, 0.25) is 0 Å². The largest absolute Gasteiger partial charge is 0.347 e. The van der Waals surface area contributed by atoms with Gasteiger partial charge in [-0.1, -0.05) is 56.3 Å². The minimum atomic E-state index is -3.45. The summed E-state index contributed by atoms with van der Waals surface area (Å²) in [7, 11) is -3.45. The van der Waals surface area contributed by atoms with Crippen LogP contribution in [0, 0.1) is 0 Å². The lowest BCUT2D eigenvalue weighted by molar-refractivity contribution is -0.682. The molecule has 0 saturated carbocycles. The number of nitrogens with two attached hydrogens (primary N) is 1. The van der Waals surface area contributed by atoms with Crippen LogP contribution in [-0.2, 0) is 21.4 Å². The molecule has 0 radical (unpaired) electrons. The van der Waals surface area contributed by atoms with Crippen molar-refractivity contribution >= 4 is 15.9 Å². The van der Waals surface area contributed by atoms with E-state index in [2.05, 4.69) is 12.2 Å². The summed E-state index contributed by atoms with van der Waals surface area (Å²) >= 11 is 0. The zero-order chi connectivity index (χ0) is 20.6. The summed E-state index contributed by atoms with van der Waals surface area (Å²) in [5.41, 5.74) is 2.04. The van der Waals surface area contributed by atoms with Crippen molar-refractivity contribution in [1.29, 1.82) is 0 Å². The number of hydrogen-bond donors (Lipinski definition) is 2. The van der Waals surface area contributed by atoms with Crippen molar-refractivity contribution in [3.63, 3.8) is 0 Å². The number of nitrogens with one attached hydrogen (secondary N) is 1. The summed E-state index contributed by atoms with van der Waals surface area (Å²) < 4.78 is 26.4. The van der Waals surface area contributed by atoms with E-state index in [1.54, 1.807) is 24.3 Å². The smallest absolute Gasteiger partial charge is 0.275 e. The van der Waals surface area contributed by atoms with Gasteiger partial charge in [0.25, 0.3) is 5.91 Å². The Morgan fingerprint density at radius 3 is 2.21 bits per heavy atom. The molecule has 0 aromatic heterocycles. The van der Waals surface area contributed by atoms with Crippen LogP contribution < -0.4 is 10.6 Å². The third-order valence-electron chi connectivity index (χ3n) is 4.74. The van der Waals surface area contributed by atoms with Crippen molar-refractivity contribution in [3.8, 4) is 0 Å². The molecule has 6 nitrogen and oxygen atoms in total. The number of hydrogen-bond acceptors (Lipinski definition) is 3. The first-order chi connectivity index (χ1) is 13.4. The Balaban J connectivity index is 1.85. The highest BCUT2D eigenvalue weighted by Gasteiger charge is 2.21. The van der Waals surface area contributed by atoms with Gasteiger partial charge in [-0.25, -0.2) is 8.42 Å². The molecule has 2 rings (SSSR count). The molecule has 0 unspecified atom stereocenters. The van der Waals surface area contributed by atoms with Gasteiger partial charge in [-0.3, -0.25) is 4.79 Å². The molecule has 7 heteroatoms. The van der Waals surface area contributed by atoms with Crippen LogP contribution in [-0.4, -0.2) is 38.3 Å². The minimum Gasteiger partial charge on any atom is -0.347 e. The van der Waals surface area contributed by atoms with E-state index in [4.69, 9.17) is 0 Å². The summed E-state index contributed by atoms with van der Waals surface area (Å²) in [6.07, 6.45) is 0. The number of sulfonamides is 1. The first kappa shape index (κ1) is 22.1. The molecule has 0 aliphatic rings. The molecule has 2 aromatic rings. The fraction of sp³-hybridized carbons (Fsp3) is 0.381. The Labute approximate surface area is 168 Å². The van der Waals surface area contributed by atoms with E-state index in [1.807, 2.05) is 49.5 Å². The number of rotatable bonds is 10. The number of amides is 1. The molecule has 0 fully saturated rings. The predicted octanol–water partition coefficient (Wildman–Crippen LogP) is 1.66. The molecule has 0 aliphatic heterocycles. The van der Waals surface area contributed by atoms with E-state index in [-0.39, 0.29) is 16.8 Å². The standard InChI is InChI=1S/C21H29N3O3S/c1-4-24(5-2)28(26,27)20-13-11-18(12-14-20)15-23-21(25)16-22-17(3)19-9-7-6-8-10-19/h6-14,17,22H,4-5,15-16H2,1-3H3,(H,23,25)/p+1/t17-/m0/s1. The first-order valence-electron chi connectivity index (χ1n) is 9.62. The minimum absolute atomic E-state index is 0.0531. The maximum absolute atomic E-state index is 12.5. The van der Waals surface area contributed by atoms with Gasteiger partial charge in [0.1, 0.15) is 6.04 Å². The topological polar surface area (TPSA) is 83.1 Å². The molecule has 3 N–H and O–H groups in total. The Bertz CT molecular complexity index is 848. The second kappa shape index (κ2) is 10.4. The van der Waals surface area contributed by atoms with Gasteiger partial charge >= 0.3 is 0 Å². The second-order valence-corrected chi connectivity index (χ2v) is 8.59. The van der Waals surface area contributed by atoms with Crippen molar-refractivity contribution in [2.24, 2.45) is 0 Å². The Morgan fingerprint density at radius 1 is 1.04 bits per heavy atom. The second-order valence-electron chi connectivity index (χ2n) is 6.65. The third-order valence-corrected chi connectivity index (χ3v) is 6.80. The average Bonchev–Trinajstić information content (AvgIpc) is 2.72. The van der Waals surface area contributed by atoms with Crippen molar-refractivity contribution in [3.05, 3.63) is 65.7 Å². The van der Waals surface area contributed by atoms with Crippen LogP contribution in [0.3, 0.4) is 0 Å². The molecule has 0 bridgehead atoms. The quantitative estimate of drug-likeness (QED) is 0.632. The van der Waals surface area contributed by atoms with Crippen LogP contribution in [0.25, 0.3) is 0 Å². The maximum atomic E-state index is 12.5. The van der Waals surface area contributed by atoms with E-state index >= 15 is 0 Å². The van der Waals surface area contributed by atoms with E-state index in [1.165, 1.54) is 9.87 Å². The van der Waals surface area contributed by atoms with Gasteiger partial charge in [-0.2, -0.15) is 4.31 Å². The summed E-state index contributed by atoms with van der Waals surface area (Å²) in [6, 6.07) is 16.9. The molecular weight excluding hydrogens is 374 g/mol. The number of benzene rings is 2. The van der Waals surface area contributed by atoms with Crippen molar-refractivity contribution in [1.82, 2.24) is 9.62 Å². The highest BCUT2D eigenvalue weighted by molar-refractivity contribution is 7.89. The summed E-state index contributed by atoms with van der Waals surface area (Å²) in [5, 5.41) is 4.87. The monoisotopic (exact) mass is 404 g/mol. The number of quaternary nitrogens is 1. The van der Waals surface area contributed by atoms with Gasteiger partial charge < -0.3 is 10.6 Å². The van der Waals surface area contributed by atoms with E-state index in [9.17, 15) is 13.2 Å². The van der Waals surface area contributed by atoms with Gasteiger partial charge in [0.05, 0.1) is 4.90 Å². The molecule has 152 valence electrons. The van der Waals surface area contributed by atoms with Crippen LogP contribution in [0.1, 0.15) is 37.9 Å². The van der Waals surface area contributed by atoms with Crippen molar-refractivity contribution in [2.45, 2.75) is 38.3 Å². The Kier molecular flexibility index (Phi) is 8.17. The first-order valence-corrected chi connectivity index (χ1v) is 11.1. The number of carbonyl (C=O) groups is 1. The van der Waals surface area contributed by atoms with Gasteiger partial charge in [0.2, 0.25) is 10.0 Å². The third kappa shape index (κ3) is 5.89. The highest BCUT2D eigenvalue weighted by Crippen LogP contribution is 2.16. The van der Waals surface area contributed by atoms with Crippen molar-refractivity contribution < 1.29 is 18.5 Å². The summed E-state index contributed by atoms with van der Waals surface area (Å²) in [4.78, 5) is 12.4. The fourth-order valence-electron chi connectivity index (χ4n) is 2.94. The molecule has 1 atom stereocenters. The molecule has 0 saturated heterocycles. The number of carbonyl (C=O) groups excluding carboxylic acids is 1. The molecule has 2 aromatic carbocycles. The van der Waals surface area contributed by atoms with Crippen LogP contribution in [0.4, 0.5) is 0 Å². The summed E-state index contributed by atoms with van der Waals surface area (Å²) in [6.45, 7) is 7.30. The lowest BCUT2D eigenvalue weighted by Crippen LogP contribution is -2.87. The van der Waals surface area contributed by atoms with E-state index in [0.717, 1.165) is 5.56 Å². The molecule has 0 aliphatic carbocycles. The molecule has 0 heterocycles. The van der Waals surface area contributed by atoms with Crippen molar-refractivity contribution in [2.75, 3.05) is 19.6 Å². The lowest BCUT2D eigenvalue weighted by atomic mass is 10.1. The zero-order valence-corrected chi connectivity index (χ0v) is 17.6. The van der Waals surface area contributed by atoms with Gasteiger partial charge in [0, 0.05) is 25.2 Å². The predicted molar refractivity (Wildman–Crippen MR) is 110 cm³/mol. The maximum Gasteiger partial charge on any atom is 0.275 e. The Morgan fingerprint density at radius 2 is 1.64 bits per heavy atom. The van der Waals surface area contributed by atoms with Crippen LogP contribution in [0.5, 0.6) is 0 Å². The Hall–Kier alpha value is -2.22. The number of nitrogens with zero attached hydrogens (tertiary/aromatic N) is 1. The SMILES string of the molecule is CCN(CC)S(=O)(=O)c1ccc(CNC(=O)C[NH2+][C@@H](C)c2ccccc2)cc1. The average molecular weight is 405 g/mol. The van der Waals surface area contributed by atoms with Gasteiger partial charge in [0.15, 0.2) is 6.54 Å². The molecule has 0 spiro atoms. The normalized spacial score (nSPS) is 12.7.